The number of nitrogens with zero attached hydrogens (tertiary/aromatic N) is 2. The summed E-state index contributed by atoms with van der Waals surface area (Å²) >= 11 is 0. The van der Waals surface area contributed by atoms with Gasteiger partial charge in [-0.3, -0.25) is 9.59 Å². The van der Waals surface area contributed by atoms with E-state index in [0.717, 1.165) is 24.8 Å². The molecular formula is C29H31FN2O3. The van der Waals surface area contributed by atoms with Gasteiger partial charge in [0.2, 0.25) is 0 Å². The van der Waals surface area contributed by atoms with Gasteiger partial charge in [-0.1, -0.05) is 48.5 Å². The molecule has 1 heterocycles. The molecule has 35 heavy (non-hydrogen) atoms. The molecule has 1 aliphatic rings. The number of carbonyl (C=O) groups is 2. The summed E-state index contributed by atoms with van der Waals surface area (Å²) in [6, 6.07) is 22.7. The zero-order chi connectivity index (χ0) is 24.6. The Hall–Kier alpha value is -3.67. The zero-order valence-corrected chi connectivity index (χ0v) is 20.0. The lowest BCUT2D eigenvalue weighted by molar-refractivity contribution is 0.0605. The first-order chi connectivity index (χ1) is 17.0. The third-order valence-corrected chi connectivity index (χ3v) is 6.38. The van der Waals surface area contributed by atoms with Crippen molar-refractivity contribution in [2.45, 2.75) is 31.7 Å². The number of rotatable bonds is 3. The van der Waals surface area contributed by atoms with Crippen LogP contribution in [0.25, 0.3) is 0 Å². The standard InChI is InChI=1S/C29H31FN2O3/c1-31-17-8-3-9-18-32(28(33)23-13-10-14-24(30)20-23)25(19-22-11-4-2-5-12-22)21-35-27-16-7-6-15-26(27)29(31)34/h2,4-7,10-16,20,25H,3,8-9,17-19,21H2,1H3/t25-/m1/s1. The van der Waals surface area contributed by atoms with E-state index in [1.807, 2.05) is 47.4 Å². The number of amides is 2. The maximum absolute atomic E-state index is 14.0. The molecule has 0 aromatic heterocycles. The smallest absolute Gasteiger partial charge is 0.257 e. The fourth-order valence-electron chi connectivity index (χ4n) is 4.45. The van der Waals surface area contributed by atoms with Crippen LogP contribution in [0.15, 0.2) is 78.9 Å². The molecule has 3 aromatic rings. The fourth-order valence-corrected chi connectivity index (χ4v) is 4.45. The second kappa shape index (κ2) is 11.6. The molecule has 0 spiro atoms. The predicted molar refractivity (Wildman–Crippen MR) is 134 cm³/mol. The van der Waals surface area contributed by atoms with Crippen LogP contribution in [0.3, 0.4) is 0 Å². The molecule has 182 valence electrons. The Morgan fingerprint density at radius 2 is 1.69 bits per heavy atom. The number of fused-ring (bicyclic) bond motifs is 1. The summed E-state index contributed by atoms with van der Waals surface area (Å²) in [7, 11) is 1.80. The van der Waals surface area contributed by atoms with Crippen molar-refractivity contribution in [3.05, 3.63) is 101 Å². The van der Waals surface area contributed by atoms with Crippen molar-refractivity contribution in [1.29, 1.82) is 0 Å². The molecular weight excluding hydrogens is 443 g/mol. The minimum Gasteiger partial charge on any atom is -0.491 e. The second-order valence-corrected chi connectivity index (χ2v) is 8.95. The van der Waals surface area contributed by atoms with E-state index in [9.17, 15) is 14.0 Å². The van der Waals surface area contributed by atoms with Crippen LogP contribution in [0.1, 0.15) is 45.5 Å². The summed E-state index contributed by atoms with van der Waals surface area (Å²) in [4.78, 5) is 30.2. The highest BCUT2D eigenvalue weighted by atomic mass is 19.1. The minimum atomic E-state index is -0.437. The number of carbonyl (C=O) groups excluding carboxylic acids is 2. The lowest BCUT2D eigenvalue weighted by Gasteiger charge is -2.32. The number of para-hydroxylation sites is 1. The van der Waals surface area contributed by atoms with E-state index in [2.05, 4.69) is 0 Å². The van der Waals surface area contributed by atoms with Crippen LogP contribution in [0.2, 0.25) is 0 Å². The van der Waals surface area contributed by atoms with Gasteiger partial charge in [-0.2, -0.15) is 0 Å². The summed E-state index contributed by atoms with van der Waals surface area (Å²) in [6.45, 7) is 1.36. The predicted octanol–water partition coefficient (Wildman–Crippen LogP) is 5.21. The third-order valence-electron chi connectivity index (χ3n) is 6.38. The molecule has 1 atom stereocenters. The summed E-state index contributed by atoms with van der Waals surface area (Å²) in [5.74, 6) is -0.231. The molecule has 0 saturated heterocycles. The molecule has 6 heteroatoms. The highest BCUT2D eigenvalue weighted by molar-refractivity contribution is 5.97. The molecule has 0 radical (unpaired) electrons. The Morgan fingerprint density at radius 3 is 2.49 bits per heavy atom. The van der Waals surface area contributed by atoms with E-state index in [0.29, 0.717) is 36.4 Å². The third kappa shape index (κ3) is 6.27. The normalized spacial score (nSPS) is 17.4. The van der Waals surface area contributed by atoms with Crippen molar-refractivity contribution < 1.29 is 18.7 Å². The summed E-state index contributed by atoms with van der Waals surface area (Å²) in [6.07, 6.45) is 3.06. The van der Waals surface area contributed by atoms with Crippen LogP contribution in [0, 0.1) is 5.82 Å². The number of hydrogen-bond donors (Lipinski definition) is 0. The lowest BCUT2D eigenvalue weighted by Crippen LogP contribution is -2.45. The molecule has 0 saturated carbocycles. The van der Waals surface area contributed by atoms with Crippen molar-refractivity contribution in [2.24, 2.45) is 0 Å². The Morgan fingerprint density at radius 1 is 0.943 bits per heavy atom. The molecule has 0 N–H and O–H groups in total. The number of benzene rings is 3. The molecule has 3 aromatic carbocycles. The minimum absolute atomic E-state index is 0.0767. The largest absolute Gasteiger partial charge is 0.491 e. The maximum Gasteiger partial charge on any atom is 0.257 e. The van der Waals surface area contributed by atoms with Gasteiger partial charge < -0.3 is 14.5 Å². The highest BCUT2D eigenvalue weighted by Gasteiger charge is 2.27. The van der Waals surface area contributed by atoms with Crippen LogP contribution in [0.4, 0.5) is 4.39 Å². The van der Waals surface area contributed by atoms with Crippen LogP contribution < -0.4 is 4.74 Å². The van der Waals surface area contributed by atoms with Crippen molar-refractivity contribution in [3.8, 4) is 5.75 Å². The molecule has 0 bridgehead atoms. The van der Waals surface area contributed by atoms with Gasteiger partial charge in [-0.25, -0.2) is 4.39 Å². The molecule has 0 aliphatic carbocycles. The van der Waals surface area contributed by atoms with Crippen molar-refractivity contribution in [2.75, 3.05) is 26.7 Å². The van der Waals surface area contributed by atoms with Gasteiger partial charge in [0, 0.05) is 25.7 Å². The first kappa shape index (κ1) is 24.5. The molecule has 2 amide bonds. The monoisotopic (exact) mass is 474 g/mol. The highest BCUT2D eigenvalue weighted by Crippen LogP contribution is 2.23. The maximum atomic E-state index is 14.0. The molecule has 5 nitrogen and oxygen atoms in total. The van der Waals surface area contributed by atoms with Crippen molar-refractivity contribution in [3.63, 3.8) is 0 Å². The van der Waals surface area contributed by atoms with Crippen LogP contribution >= 0.6 is 0 Å². The quantitative estimate of drug-likeness (QED) is 0.523. The Bertz CT molecular complexity index is 1150. The number of ether oxygens (including phenoxy) is 1. The van der Waals surface area contributed by atoms with Gasteiger partial charge >= 0.3 is 0 Å². The van der Waals surface area contributed by atoms with Gasteiger partial charge in [0.25, 0.3) is 11.8 Å². The summed E-state index contributed by atoms with van der Waals surface area (Å²) < 4.78 is 20.2. The Balaban J connectivity index is 1.69. The van der Waals surface area contributed by atoms with E-state index in [-0.39, 0.29) is 24.5 Å². The summed E-state index contributed by atoms with van der Waals surface area (Å²) in [5, 5.41) is 0. The van der Waals surface area contributed by atoms with Gasteiger partial charge in [-0.15, -0.1) is 0 Å². The van der Waals surface area contributed by atoms with E-state index >= 15 is 0 Å². The SMILES string of the molecule is CN1CCCCCN(C(=O)c2cccc(F)c2)[C@H](Cc2ccccc2)COc2ccccc2C1=O. The second-order valence-electron chi connectivity index (χ2n) is 8.95. The van der Waals surface area contributed by atoms with Crippen molar-refractivity contribution >= 4 is 11.8 Å². The average molecular weight is 475 g/mol. The average Bonchev–Trinajstić information content (AvgIpc) is 2.89. The molecule has 0 fully saturated rings. The first-order valence-electron chi connectivity index (χ1n) is 12.1. The molecule has 4 rings (SSSR count). The van der Waals surface area contributed by atoms with Gasteiger partial charge in [0.05, 0.1) is 11.6 Å². The Labute approximate surface area is 206 Å². The van der Waals surface area contributed by atoms with E-state index in [1.165, 1.54) is 12.1 Å². The summed E-state index contributed by atoms with van der Waals surface area (Å²) in [5.41, 5.74) is 1.91. The molecule has 0 unspecified atom stereocenters. The number of halogens is 1. The van der Waals surface area contributed by atoms with Crippen molar-refractivity contribution in [1.82, 2.24) is 9.80 Å². The van der Waals surface area contributed by atoms with Gasteiger partial charge in [0.15, 0.2) is 0 Å². The molecule has 1 aliphatic heterocycles. The van der Waals surface area contributed by atoms with Crippen LogP contribution in [-0.2, 0) is 6.42 Å². The van der Waals surface area contributed by atoms with Crippen LogP contribution in [0.5, 0.6) is 5.75 Å². The Kier molecular flexibility index (Phi) is 8.14. The number of hydrogen-bond acceptors (Lipinski definition) is 3. The topological polar surface area (TPSA) is 49.9 Å². The fraction of sp³-hybridized carbons (Fsp3) is 0.310. The van der Waals surface area contributed by atoms with Gasteiger partial charge in [-0.05, 0) is 61.6 Å². The van der Waals surface area contributed by atoms with E-state index < -0.39 is 5.82 Å². The zero-order valence-electron chi connectivity index (χ0n) is 20.0. The van der Waals surface area contributed by atoms with Crippen LogP contribution in [-0.4, -0.2) is 54.4 Å². The van der Waals surface area contributed by atoms with E-state index in [1.54, 1.807) is 36.2 Å². The lowest BCUT2D eigenvalue weighted by atomic mass is 10.0. The van der Waals surface area contributed by atoms with E-state index in [4.69, 9.17) is 4.74 Å². The van der Waals surface area contributed by atoms with Gasteiger partial charge in [0.1, 0.15) is 18.2 Å². The first-order valence-corrected chi connectivity index (χ1v) is 12.1.